The Morgan fingerprint density at radius 2 is 1.93 bits per heavy atom. The summed E-state index contributed by atoms with van der Waals surface area (Å²) in [5, 5.41) is 12.3. The van der Waals surface area contributed by atoms with Gasteiger partial charge in [-0.2, -0.15) is 0 Å². The quantitative estimate of drug-likeness (QED) is 0.485. The lowest BCUT2D eigenvalue weighted by atomic mass is 10.0. The fourth-order valence-corrected chi connectivity index (χ4v) is 4.64. The minimum absolute atomic E-state index is 0.102. The van der Waals surface area contributed by atoms with Gasteiger partial charge in [0.2, 0.25) is 0 Å². The molecule has 5 aromatic rings. The number of benzene rings is 3. The fourth-order valence-electron chi connectivity index (χ4n) is 3.68. The zero-order chi connectivity index (χ0) is 18.7. The minimum Gasteiger partial charge on any atom is -0.507 e. The third-order valence-corrected chi connectivity index (χ3v) is 5.87. The van der Waals surface area contributed by atoms with Gasteiger partial charge >= 0.3 is 0 Å². The Kier molecular flexibility index (Phi) is 3.36. The number of fused-ring (bicyclic) bond motifs is 4. The highest BCUT2D eigenvalue weighted by atomic mass is 32.1. The fraction of sp³-hybridized carbons (Fsp3) is 0.0909. The predicted octanol–water partition coefficient (Wildman–Crippen LogP) is 3.93. The second-order valence-corrected chi connectivity index (χ2v) is 7.82. The molecule has 27 heavy (non-hydrogen) atoms. The van der Waals surface area contributed by atoms with Crippen molar-refractivity contribution in [1.82, 2.24) is 9.38 Å². The highest BCUT2D eigenvalue weighted by Crippen LogP contribution is 2.28. The zero-order valence-electron chi connectivity index (χ0n) is 14.9. The molecule has 0 aliphatic rings. The van der Waals surface area contributed by atoms with E-state index in [0.717, 1.165) is 32.9 Å². The summed E-state index contributed by atoms with van der Waals surface area (Å²) >= 11 is 1.35. The van der Waals surface area contributed by atoms with Crippen LogP contribution in [0.5, 0.6) is 5.75 Å². The summed E-state index contributed by atoms with van der Waals surface area (Å²) < 4.78 is 2.23. The number of aryl methyl sites for hydroxylation is 2. The van der Waals surface area contributed by atoms with Crippen LogP contribution in [-0.2, 0) is 0 Å². The van der Waals surface area contributed by atoms with E-state index in [1.165, 1.54) is 11.3 Å². The Bertz CT molecular complexity index is 1480. The number of phenolic OH excluding ortho intramolecular Hbond substituents is 1. The smallest absolute Gasteiger partial charge is 0.274 e. The number of aromatic hydroxyl groups is 1. The summed E-state index contributed by atoms with van der Waals surface area (Å²) in [6, 6.07) is 15.4. The number of phenols is 1. The summed E-state index contributed by atoms with van der Waals surface area (Å²) in [5.41, 5.74) is 4.43. The van der Waals surface area contributed by atoms with Gasteiger partial charge in [-0.1, -0.05) is 47.7 Å². The van der Waals surface area contributed by atoms with Gasteiger partial charge in [-0.3, -0.25) is 4.79 Å². The number of thiazole rings is 1. The van der Waals surface area contributed by atoms with Gasteiger partial charge in [-0.25, -0.2) is 9.38 Å². The molecule has 0 atom stereocenters. The third kappa shape index (κ3) is 2.35. The molecule has 0 amide bonds. The van der Waals surface area contributed by atoms with E-state index in [1.807, 2.05) is 50.2 Å². The topological polar surface area (TPSA) is 54.6 Å². The van der Waals surface area contributed by atoms with Gasteiger partial charge < -0.3 is 5.11 Å². The van der Waals surface area contributed by atoms with Crippen molar-refractivity contribution in [3.05, 3.63) is 80.1 Å². The van der Waals surface area contributed by atoms with Crippen LogP contribution in [0.4, 0.5) is 0 Å². The molecule has 1 N–H and O–H groups in total. The van der Waals surface area contributed by atoms with Crippen molar-refractivity contribution in [2.24, 2.45) is 0 Å². The van der Waals surface area contributed by atoms with Crippen molar-refractivity contribution in [2.75, 3.05) is 0 Å². The Balaban J connectivity index is 1.86. The van der Waals surface area contributed by atoms with E-state index in [4.69, 9.17) is 0 Å². The third-order valence-electron chi connectivity index (χ3n) is 4.90. The number of aromatic nitrogens is 2. The molecule has 5 heteroatoms. The first-order valence-corrected chi connectivity index (χ1v) is 9.49. The maximum absolute atomic E-state index is 13.1. The first-order chi connectivity index (χ1) is 13.0. The molecule has 3 aromatic carbocycles. The van der Waals surface area contributed by atoms with E-state index in [9.17, 15) is 9.90 Å². The Morgan fingerprint density at radius 1 is 1.11 bits per heavy atom. The first kappa shape index (κ1) is 16.0. The van der Waals surface area contributed by atoms with Crippen molar-refractivity contribution in [3.63, 3.8) is 0 Å². The molecule has 2 heterocycles. The molecule has 0 unspecified atom stereocenters. The van der Waals surface area contributed by atoms with Crippen LogP contribution in [0, 0.1) is 13.8 Å². The van der Waals surface area contributed by atoms with Crippen LogP contribution in [-0.4, -0.2) is 14.5 Å². The zero-order valence-corrected chi connectivity index (χ0v) is 15.7. The van der Waals surface area contributed by atoms with E-state index in [1.54, 1.807) is 16.5 Å². The predicted molar refractivity (Wildman–Crippen MR) is 111 cm³/mol. The molecule has 0 radical (unpaired) electrons. The average molecular weight is 372 g/mol. The molecule has 0 aliphatic carbocycles. The van der Waals surface area contributed by atoms with Crippen LogP contribution < -0.4 is 10.1 Å². The molecule has 4 nitrogen and oxygen atoms in total. The average Bonchev–Trinajstić information content (AvgIpc) is 3.15. The van der Waals surface area contributed by atoms with Crippen LogP contribution in [0.25, 0.3) is 32.8 Å². The molecule has 2 aromatic heterocycles. The molecule has 0 bridgehead atoms. The van der Waals surface area contributed by atoms with Crippen LogP contribution in [0.3, 0.4) is 0 Å². The van der Waals surface area contributed by atoms with Crippen LogP contribution in [0.1, 0.15) is 16.7 Å². The summed E-state index contributed by atoms with van der Waals surface area (Å²) in [7, 11) is 0. The Hall–Kier alpha value is -3.18. The van der Waals surface area contributed by atoms with Crippen LogP contribution in [0.15, 0.2) is 53.3 Å². The van der Waals surface area contributed by atoms with E-state index in [2.05, 4.69) is 11.1 Å². The van der Waals surface area contributed by atoms with Gasteiger partial charge in [0, 0.05) is 5.56 Å². The van der Waals surface area contributed by atoms with Gasteiger partial charge in [0.1, 0.15) is 5.75 Å². The summed E-state index contributed by atoms with van der Waals surface area (Å²) in [4.78, 5) is 18.4. The van der Waals surface area contributed by atoms with E-state index in [0.29, 0.717) is 15.1 Å². The number of rotatable bonds is 1. The van der Waals surface area contributed by atoms with Crippen molar-refractivity contribution < 1.29 is 5.11 Å². The molecule has 5 rings (SSSR count). The Morgan fingerprint density at radius 3 is 2.78 bits per heavy atom. The van der Waals surface area contributed by atoms with Crippen molar-refractivity contribution in [2.45, 2.75) is 13.8 Å². The van der Waals surface area contributed by atoms with Gasteiger partial charge in [0.05, 0.1) is 15.6 Å². The number of imidazole rings is 1. The molecular formula is C22H16N2O2S. The largest absolute Gasteiger partial charge is 0.507 e. The van der Waals surface area contributed by atoms with Gasteiger partial charge in [0.25, 0.3) is 5.56 Å². The maximum Gasteiger partial charge on any atom is 0.274 e. The lowest BCUT2D eigenvalue weighted by Crippen LogP contribution is -2.22. The standard InChI is InChI=1S/C22H16N2O2S/c1-12-9-13(2)20-17(10-12)24-21(26)19(27-22(24)23-20)11-16-15-6-4-3-5-14(15)7-8-18(16)25/h3-11,25H,1-2H3/b19-11-. The van der Waals surface area contributed by atoms with Crippen LogP contribution in [0.2, 0.25) is 0 Å². The van der Waals surface area contributed by atoms with Crippen molar-refractivity contribution in [3.8, 4) is 5.75 Å². The SMILES string of the molecule is Cc1cc(C)c2nc3s/c(=C\c4c(O)ccc5ccccc45)c(=O)n3c2c1. The van der Waals surface area contributed by atoms with Crippen molar-refractivity contribution in [1.29, 1.82) is 0 Å². The number of hydrogen-bond donors (Lipinski definition) is 1. The molecule has 132 valence electrons. The molecule has 0 spiro atoms. The normalized spacial score (nSPS) is 12.6. The molecule has 0 fully saturated rings. The lowest BCUT2D eigenvalue weighted by Gasteiger charge is -2.04. The molecule has 0 saturated carbocycles. The summed E-state index contributed by atoms with van der Waals surface area (Å²) in [6.45, 7) is 4.03. The van der Waals surface area contributed by atoms with Gasteiger partial charge in [0.15, 0.2) is 4.96 Å². The number of nitrogens with zero attached hydrogens (tertiary/aromatic N) is 2. The van der Waals surface area contributed by atoms with Crippen molar-refractivity contribution >= 4 is 44.2 Å². The molecule has 0 saturated heterocycles. The molecular weight excluding hydrogens is 356 g/mol. The minimum atomic E-state index is -0.102. The maximum atomic E-state index is 13.1. The van der Waals surface area contributed by atoms with Crippen LogP contribution >= 0.6 is 11.3 Å². The van der Waals surface area contributed by atoms with Gasteiger partial charge in [-0.15, -0.1) is 0 Å². The van der Waals surface area contributed by atoms with Gasteiger partial charge in [-0.05, 0) is 54.0 Å². The Labute approximate surface area is 158 Å². The number of hydrogen-bond acceptors (Lipinski definition) is 4. The second kappa shape index (κ2) is 5.66. The van der Waals surface area contributed by atoms with E-state index >= 15 is 0 Å². The molecule has 0 aliphatic heterocycles. The highest BCUT2D eigenvalue weighted by molar-refractivity contribution is 7.15. The van der Waals surface area contributed by atoms with E-state index in [-0.39, 0.29) is 11.3 Å². The second-order valence-electron chi connectivity index (χ2n) is 6.81. The first-order valence-electron chi connectivity index (χ1n) is 8.67. The van der Waals surface area contributed by atoms with E-state index < -0.39 is 0 Å². The summed E-state index contributed by atoms with van der Waals surface area (Å²) in [5.74, 6) is 0.163. The summed E-state index contributed by atoms with van der Waals surface area (Å²) in [6.07, 6.45) is 1.77. The highest BCUT2D eigenvalue weighted by Gasteiger charge is 2.14. The lowest BCUT2D eigenvalue weighted by molar-refractivity contribution is 0.475. The monoisotopic (exact) mass is 372 g/mol.